The van der Waals surface area contributed by atoms with Crippen LogP contribution >= 0.6 is 0 Å². The summed E-state index contributed by atoms with van der Waals surface area (Å²) in [6, 6.07) is 0. The molecule has 0 aromatic rings. The van der Waals surface area contributed by atoms with E-state index in [1.165, 1.54) is 89.9 Å². The van der Waals surface area contributed by atoms with Gasteiger partial charge in [-0.05, 0) is 128 Å². The minimum Gasteiger partial charge on any atom is -0.462 e. The van der Waals surface area contributed by atoms with Gasteiger partial charge in [0, 0.05) is 19.3 Å². The Balaban J connectivity index is 4.47. The molecule has 74 heavy (non-hydrogen) atoms. The van der Waals surface area contributed by atoms with Crippen LogP contribution in [0.2, 0.25) is 0 Å². The van der Waals surface area contributed by atoms with Crippen LogP contribution in [0.4, 0.5) is 0 Å². The predicted molar refractivity (Wildman–Crippen MR) is 320 cm³/mol. The van der Waals surface area contributed by atoms with Gasteiger partial charge in [0.1, 0.15) is 13.2 Å². The Hall–Kier alpha value is -4.19. The van der Waals surface area contributed by atoms with E-state index in [1.54, 1.807) is 0 Å². The highest BCUT2D eigenvalue weighted by molar-refractivity contribution is 5.71. The lowest BCUT2D eigenvalue weighted by Gasteiger charge is -2.18. The van der Waals surface area contributed by atoms with Crippen molar-refractivity contribution in [2.24, 2.45) is 0 Å². The molecule has 6 nitrogen and oxygen atoms in total. The van der Waals surface area contributed by atoms with Gasteiger partial charge >= 0.3 is 17.9 Å². The highest BCUT2D eigenvalue weighted by Gasteiger charge is 2.19. The van der Waals surface area contributed by atoms with Crippen molar-refractivity contribution < 1.29 is 28.6 Å². The lowest BCUT2D eigenvalue weighted by Crippen LogP contribution is -2.30. The van der Waals surface area contributed by atoms with E-state index in [4.69, 9.17) is 14.2 Å². The third-order valence-corrected chi connectivity index (χ3v) is 12.7. The summed E-state index contributed by atoms with van der Waals surface area (Å²) in [4.78, 5) is 38.3. The quantitative estimate of drug-likeness (QED) is 0.0261. The first-order valence-corrected chi connectivity index (χ1v) is 30.5. The molecule has 0 fully saturated rings. The van der Waals surface area contributed by atoms with Crippen LogP contribution in [0.15, 0.2) is 122 Å². The van der Waals surface area contributed by atoms with Crippen LogP contribution in [0.5, 0.6) is 0 Å². The zero-order chi connectivity index (χ0) is 53.6. The smallest absolute Gasteiger partial charge is 0.306 e. The van der Waals surface area contributed by atoms with Crippen LogP contribution in [0.3, 0.4) is 0 Å². The van der Waals surface area contributed by atoms with Crippen molar-refractivity contribution >= 4 is 17.9 Å². The molecule has 0 heterocycles. The van der Waals surface area contributed by atoms with Gasteiger partial charge < -0.3 is 14.2 Å². The summed E-state index contributed by atoms with van der Waals surface area (Å²) in [5, 5.41) is 0. The number of rotatable bonds is 54. The Labute approximate surface area is 456 Å². The molecule has 0 saturated heterocycles. The molecule has 0 amide bonds. The van der Waals surface area contributed by atoms with Gasteiger partial charge in [-0.3, -0.25) is 14.4 Å². The third kappa shape index (κ3) is 58.7. The molecule has 0 aliphatic carbocycles. The molecule has 1 unspecified atom stereocenters. The van der Waals surface area contributed by atoms with Crippen molar-refractivity contribution in [3.8, 4) is 0 Å². The number of carbonyl (C=O) groups is 3. The van der Waals surface area contributed by atoms with E-state index in [9.17, 15) is 14.4 Å². The molecule has 1 atom stereocenters. The number of carbonyl (C=O) groups excluding carboxylic acids is 3. The van der Waals surface area contributed by atoms with E-state index in [0.717, 1.165) is 141 Å². The molecule has 0 aromatic carbocycles. The van der Waals surface area contributed by atoms with Crippen molar-refractivity contribution in [3.63, 3.8) is 0 Å². The fourth-order valence-electron chi connectivity index (χ4n) is 8.16. The Morgan fingerprint density at radius 2 is 0.527 bits per heavy atom. The van der Waals surface area contributed by atoms with Gasteiger partial charge in [-0.25, -0.2) is 0 Å². The Morgan fingerprint density at radius 1 is 0.284 bits per heavy atom. The van der Waals surface area contributed by atoms with E-state index in [1.807, 2.05) is 0 Å². The second-order valence-corrected chi connectivity index (χ2v) is 19.8. The molecule has 0 saturated carbocycles. The molecule has 0 rings (SSSR count). The monoisotopic (exact) mass is 1020 g/mol. The van der Waals surface area contributed by atoms with Gasteiger partial charge in [-0.1, -0.05) is 245 Å². The van der Waals surface area contributed by atoms with Gasteiger partial charge in [-0.2, -0.15) is 0 Å². The number of allylic oxidation sites excluding steroid dienone is 20. The molecule has 0 bridgehead atoms. The first-order chi connectivity index (χ1) is 36.5. The van der Waals surface area contributed by atoms with Crippen molar-refractivity contribution in [3.05, 3.63) is 122 Å². The minimum atomic E-state index is -0.802. The number of hydrogen-bond acceptors (Lipinski definition) is 6. The first kappa shape index (κ1) is 69.8. The molecular weight excluding hydrogens is 913 g/mol. The van der Waals surface area contributed by atoms with Gasteiger partial charge in [-0.15, -0.1) is 0 Å². The van der Waals surface area contributed by atoms with Crippen molar-refractivity contribution in [2.75, 3.05) is 13.2 Å². The van der Waals surface area contributed by atoms with Crippen LogP contribution in [-0.2, 0) is 28.6 Å². The molecule has 0 radical (unpaired) electrons. The van der Waals surface area contributed by atoms with Crippen LogP contribution in [0.1, 0.15) is 271 Å². The van der Waals surface area contributed by atoms with Gasteiger partial charge in [0.2, 0.25) is 0 Å². The second-order valence-electron chi connectivity index (χ2n) is 19.8. The number of unbranched alkanes of at least 4 members (excludes halogenated alkanes) is 23. The maximum atomic E-state index is 12.9. The molecule has 6 heteroatoms. The molecule has 0 N–H and O–H groups in total. The molecule has 0 aromatic heterocycles. The van der Waals surface area contributed by atoms with Crippen molar-refractivity contribution in [1.82, 2.24) is 0 Å². The van der Waals surface area contributed by atoms with Crippen LogP contribution in [0, 0.1) is 0 Å². The van der Waals surface area contributed by atoms with Gasteiger partial charge in [0.15, 0.2) is 6.10 Å². The minimum absolute atomic E-state index is 0.0970. The van der Waals surface area contributed by atoms with Crippen LogP contribution in [0.25, 0.3) is 0 Å². The van der Waals surface area contributed by atoms with E-state index in [-0.39, 0.29) is 31.1 Å². The maximum Gasteiger partial charge on any atom is 0.306 e. The van der Waals surface area contributed by atoms with E-state index in [2.05, 4.69) is 142 Å². The van der Waals surface area contributed by atoms with Crippen LogP contribution < -0.4 is 0 Å². The summed E-state index contributed by atoms with van der Waals surface area (Å²) in [5.74, 6) is -0.938. The standard InChI is InChI=1S/C68H112O6/c1-4-7-10-13-16-19-22-25-28-31-32-33-34-35-36-38-40-43-46-49-52-55-58-61-67(70)73-64-65(63-72-66(69)60-57-54-51-48-45-42-39-30-27-24-21-18-15-12-9-6-3)74-68(71)62-59-56-53-50-47-44-41-37-29-26-23-20-17-14-11-8-5-2/h7-8,10-11,16-17,19-20,25-26,28-30,32-33,35-36,39-40,43,65H,4-6,9,12-15,18,21-24,27,31,34,37-38,41-42,44-64H2,1-3H3/b10-7-,11-8-,19-16-,20-17-,28-25-,29-26-,33-32-,36-35-,39-30-,43-40-. The molecule has 420 valence electrons. The van der Waals surface area contributed by atoms with Crippen molar-refractivity contribution in [2.45, 2.75) is 277 Å². The average Bonchev–Trinajstić information content (AvgIpc) is 3.40. The fourth-order valence-corrected chi connectivity index (χ4v) is 8.16. The lowest BCUT2D eigenvalue weighted by molar-refractivity contribution is -0.167. The topological polar surface area (TPSA) is 78.9 Å². The molecule has 0 aliphatic heterocycles. The van der Waals surface area contributed by atoms with Crippen LogP contribution in [-0.4, -0.2) is 37.2 Å². The summed E-state index contributed by atoms with van der Waals surface area (Å²) in [5.41, 5.74) is 0. The zero-order valence-electron chi connectivity index (χ0n) is 48.1. The summed E-state index contributed by atoms with van der Waals surface area (Å²) >= 11 is 0. The number of ether oxygens (including phenoxy) is 3. The first-order valence-electron chi connectivity index (χ1n) is 30.5. The Bertz CT molecular complexity index is 1550. The maximum absolute atomic E-state index is 12.9. The normalized spacial score (nSPS) is 13.0. The highest BCUT2D eigenvalue weighted by Crippen LogP contribution is 2.14. The molecule has 0 aliphatic rings. The Kier molecular flexibility index (Phi) is 57.9. The Morgan fingerprint density at radius 3 is 0.838 bits per heavy atom. The fraction of sp³-hybridized carbons (Fsp3) is 0.662. The van der Waals surface area contributed by atoms with E-state index < -0.39 is 6.10 Å². The summed E-state index contributed by atoms with van der Waals surface area (Å²) in [6.45, 7) is 6.38. The molecule has 0 spiro atoms. The number of hydrogen-bond donors (Lipinski definition) is 0. The lowest BCUT2D eigenvalue weighted by atomic mass is 10.1. The predicted octanol–water partition coefficient (Wildman–Crippen LogP) is 20.8. The van der Waals surface area contributed by atoms with E-state index >= 15 is 0 Å². The number of esters is 3. The highest BCUT2D eigenvalue weighted by atomic mass is 16.6. The summed E-state index contributed by atoms with van der Waals surface area (Å²) in [6.07, 6.45) is 84.7. The third-order valence-electron chi connectivity index (χ3n) is 12.7. The SMILES string of the molecule is CC/C=C\C/C=C\C/C=C\C/C=C\C/C=C\C/C=C\CCCCCCC(=O)OCC(COC(=O)CCCCCCC/C=C\CCCCCCCCC)OC(=O)CCCCCCCCC/C=C\C/C=C\C/C=C\CC. The van der Waals surface area contributed by atoms with Gasteiger partial charge in [0.05, 0.1) is 0 Å². The summed E-state index contributed by atoms with van der Waals surface area (Å²) in [7, 11) is 0. The average molecular weight is 1030 g/mol. The zero-order valence-corrected chi connectivity index (χ0v) is 48.1. The largest absolute Gasteiger partial charge is 0.462 e. The van der Waals surface area contributed by atoms with E-state index in [0.29, 0.717) is 19.3 Å². The van der Waals surface area contributed by atoms with Gasteiger partial charge in [0.25, 0.3) is 0 Å². The molecular formula is C68H112O6. The van der Waals surface area contributed by atoms with Crippen molar-refractivity contribution in [1.29, 1.82) is 0 Å². The second kappa shape index (κ2) is 61.4. The summed E-state index contributed by atoms with van der Waals surface area (Å²) < 4.78 is 16.9.